The maximum Gasteiger partial charge on any atom is 0.243 e. The number of sulfonamides is 1. The number of hydrogen-bond acceptors (Lipinski definition) is 3. The summed E-state index contributed by atoms with van der Waals surface area (Å²) >= 11 is 0. The van der Waals surface area contributed by atoms with Crippen LogP contribution in [0.25, 0.3) is 0 Å². The minimum absolute atomic E-state index is 0.397. The first-order valence-electron chi connectivity index (χ1n) is 8.30. The van der Waals surface area contributed by atoms with Crippen LogP contribution in [0, 0.1) is 0 Å². The van der Waals surface area contributed by atoms with Gasteiger partial charge in [-0.3, -0.25) is 0 Å². The van der Waals surface area contributed by atoms with Crippen molar-refractivity contribution in [3.8, 4) is 0 Å². The molecule has 0 bridgehead atoms. The summed E-state index contributed by atoms with van der Waals surface area (Å²) in [5.74, 6) is 0. The molecule has 1 aromatic rings. The van der Waals surface area contributed by atoms with E-state index in [0.717, 1.165) is 32.5 Å². The van der Waals surface area contributed by atoms with Gasteiger partial charge in [-0.15, -0.1) is 0 Å². The normalized spacial score (nSPS) is 12.3. The molecule has 0 aliphatic heterocycles. The van der Waals surface area contributed by atoms with Gasteiger partial charge in [-0.2, -0.15) is 4.31 Å². The van der Waals surface area contributed by atoms with Crippen LogP contribution in [0.15, 0.2) is 29.2 Å². The van der Waals surface area contributed by atoms with Crippen LogP contribution in [-0.2, 0) is 16.4 Å². The number of rotatable bonds is 10. The predicted octanol–water partition coefficient (Wildman–Crippen LogP) is 2.99. The van der Waals surface area contributed by atoms with Crippen LogP contribution in [0.4, 0.5) is 0 Å². The molecule has 0 unspecified atom stereocenters. The lowest BCUT2D eigenvalue weighted by Gasteiger charge is -2.25. The standard InChI is InChI=1S/C17H30N2O2S/c1-5-9-16-10-12-17(13-11-16)22(20,21)19(8-4)15-14-18(6-2)7-3/h10-13H,5-9,14-15H2,1-4H3. The van der Waals surface area contributed by atoms with Crippen molar-refractivity contribution in [2.24, 2.45) is 0 Å². The zero-order valence-electron chi connectivity index (χ0n) is 14.4. The number of aryl methyl sites for hydroxylation is 1. The molecule has 0 spiro atoms. The maximum atomic E-state index is 12.7. The zero-order chi connectivity index (χ0) is 16.6. The minimum atomic E-state index is -3.39. The first-order valence-corrected chi connectivity index (χ1v) is 9.74. The average Bonchev–Trinajstić information content (AvgIpc) is 2.52. The summed E-state index contributed by atoms with van der Waals surface area (Å²) < 4.78 is 27.0. The molecule has 0 radical (unpaired) electrons. The molecule has 126 valence electrons. The van der Waals surface area contributed by atoms with Crippen LogP contribution < -0.4 is 0 Å². The lowest BCUT2D eigenvalue weighted by atomic mass is 10.1. The minimum Gasteiger partial charge on any atom is -0.303 e. The van der Waals surface area contributed by atoms with Gasteiger partial charge in [-0.05, 0) is 37.2 Å². The van der Waals surface area contributed by atoms with E-state index in [2.05, 4.69) is 25.7 Å². The molecule has 0 aliphatic rings. The summed E-state index contributed by atoms with van der Waals surface area (Å²) in [5, 5.41) is 0. The first kappa shape index (κ1) is 19.1. The summed E-state index contributed by atoms with van der Waals surface area (Å²) in [4.78, 5) is 2.64. The molecule has 0 fully saturated rings. The number of likely N-dealkylation sites (N-methyl/N-ethyl adjacent to an activating group) is 2. The highest BCUT2D eigenvalue weighted by atomic mass is 32.2. The monoisotopic (exact) mass is 326 g/mol. The Kier molecular flexibility index (Phi) is 8.07. The fourth-order valence-corrected chi connectivity index (χ4v) is 3.95. The SMILES string of the molecule is CCCc1ccc(S(=O)(=O)N(CC)CCN(CC)CC)cc1. The Morgan fingerprint density at radius 2 is 1.45 bits per heavy atom. The van der Waals surface area contributed by atoms with Gasteiger partial charge in [0.2, 0.25) is 10.0 Å². The van der Waals surface area contributed by atoms with Crippen molar-refractivity contribution in [2.45, 2.75) is 45.4 Å². The lowest BCUT2D eigenvalue weighted by Crippen LogP contribution is -2.38. The molecule has 0 aliphatic carbocycles. The predicted molar refractivity (Wildman–Crippen MR) is 92.7 cm³/mol. The van der Waals surface area contributed by atoms with Gasteiger partial charge in [-0.1, -0.05) is 46.2 Å². The topological polar surface area (TPSA) is 40.6 Å². The van der Waals surface area contributed by atoms with E-state index >= 15 is 0 Å². The van der Waals surface area contributed by atoms with E-state index in [1.165, 1.54) is 5.56 Å². The fourth-order valence-electron chi connectivity index (χ4n) is 2.51. The highest BCUT2D eigenvalue weighted by molar-refractivity contribution is 7.89. The molecular weight excluding hydrogens is 296 g/mol. The Bertz CT molecular complexity index is 522. The van der Waals surface area contributed by atoms with E-state index in [0.29, 0.717) is 18.0 Å². The molecule has 1 aromatic carbocycles. The van der Waals surface area contributed by atoms with Crippen molar-refractivity contribution in [3.63, 3.8) is 0 Å². The second kappa shape index (κ2) is 9.28. The summed E-state index contributed by atoms with van der Waals surface area (Å²) in [6.45, 7) is 11.9. The van der Waals surface area contributed by atoms with E-state index in [4.69, 9.17) is 0 Å². The Hall–Kier alpha value is -0.910. The Balaban J connectivity index is 2.84. The highest BCUT2D eigenvalue weighted by Crippen LogP contribution is 2.17. The average molecular weight is 327 g/mol. The van der Waals surface area contributed by atoms with Crippen molar-refractivity contribution in [1.82, 2.24) is 9.21 Å². The summed E-state index contributed by atoms with van der Waals surface area (Å²) in [6, 6.07) is 7.32. The molecule has 1 rings (SSSR count). The fraction of sp³-hybridized carbons (Fsp3) is 0.647. The van der Waals surface area contributed by atoms with Crippen molar-refractivity contribution in [1.29, 1.82) is 0 Å². The van der Waals surface area contributed by atoms with Gasteiger partial charge in [0.25, 0.3) is 0 Å². The van der Waals surface area contributed by atoms with E-state index in [1.807, 2.05) is 19.1 Å². The second-order valence-corrected chi connectivity index (χ2v) is 7.36. The van der Waals surface area contributed by atoms with E-state index in [-0.39, 0.29) is 0 Å². The molecule has 0 amide bonds. The third-order valence-corrected chi connectivity index (χ3v) is 6.00. The van der Waals surface area contributed by atoms with Crippen LogP contribution >= 0.6 is 0 Å². The van der Waals surface area contributed by atoms with Crippen LogP contribution in [0.5, 0.6) is 0 Å². The number of nitrogens with zero attached hydrogens (tertiary/aromatic N) is 2. The smallest absolute Gasteiger partial charge is 0.243 e. The first-order chi connectivity index (χ1) is 10.5. The maximum absolute atomic E-state index is 12.7. The molecule has 0 N–H and O–H groups in total. The second-order valence-electron chi connectivity index (χ2n) is 5.42. The Labute approximate surface area is 136 Å². The summed E-state index contributed by atoms with van der Waals surface area (Å²) in [7, 11) is -3.39. The lowest BCUT2D eigenvalue weighted by molar-refractivity contribution is 0.274. The molecule has 0 saturated heterocycles. The molecule has 4 nitrogen and oxygen atoms in total. The van der Waals surface area contributed by atoms with Gasteiger partial charge < -0.3 is 4.90 Å². The Morgan fingerprint density at radius 3 is 1.91 bits per heavy atom. The van der Waals surface area contributed by atoms with Crippen molar-refractivity contribution in [2.75, 3.05) is 32.7 Å². The van der Waals surface area contributed by atoms with Gasteiger partial charge in [0.15, 0.2) is 0 Å². The molecule has 0 atom stereocenters. The van der Waals surface area contributed by atoms with E-state index in [1.54, 1.807) is 16.4 Å². The van der Waals surface area contributed by atoms with Crippen molar-refractivity contribution < 1.29 is 8.42 Å². The number of benzene rings is 1. The van der Waals surface area contributed by atoms with Gasteiger partial charge >= 0.3 is 0 Å². The summed E-state index contributed by atoms with van der Waals surface area (Å²) in [6.07, 6.45) is 2.05. The number of hydrogen-bond donors (Lipinski definition) is 0. The van der Waals surface area contributed by atoms with Crippen molar-refractivity contribution in [3.05, 3.63) is 29.8 Å². The Morgan fingerprint density at radius 1 is 0.864 bits per heavy atom. The van der Waals surface area contributed by atoms with E-state index in [9.17, 15) is 8.42 Å². The molecular formula is C17H30N2O2S. The zero-order valence-corrected chi connectivity index (χ0v) is 15.2. The van der Waals surface area contributed by atoms with E-state index < -0.39 is 10.0 Å². The van der Waals surface area contributed by atoms with Gasteiger partial charge in [-0.25, -0.2) is 8.42 Å². The third-order valence-electron chi connectivity index (χ3n) is 4.01. The largest absolute Gasteiger partial charge is 0.303 e. The van der Waals surface area contributed by atoms with Gasteiger partial charge in [0.05, 0.1) is 4.90 Å². The van der Waals surface area contributed by atoms with Crippen LogP contribution in [0.1, 0.15) is 39.7 Å². The molecule has 0 saturated carbocycles. The third kappa shape index (κ3) is 5.07. The molecule has 22 heavy (non-hydrogen) atoms. The highest BCUT2D eigenvalue weighted by Gasteiger charge is 2.23. The van der Waals surface area contributed by atoms with Crippen molar-refractivity contribution >= 4 is 10.0 Å². The summed E-state index contributed by atoms with van der Waals surface area (Å²) in [5.41, 5.74) is 1.19. The molecule has 0 heterocycles. The van der Waals surface area contributed by atoms with Gasteiger partial charge in [0, 0.05) is 19.6 Å². The van der Waals surface area contributed by atoms with Crippen LogP contribution in [0.2, 0.25) is 0 Å². The molecule has 5 heteroatoms. The van der Waals surface area contributed by atoms with Crippen LogP contribution in [-0.4, -0.2) is 50.3 Å². The molecule has 0 aromatic heterocycles. The van der Waals surface area contributed by atoms with Gasteiger partial charge in [0.1, 0.15) is 0 Å². The van der Waals surface area contributed by atoms with Crippen LogP contribution in [0.3, 0.4) is 0 Å². The quantitative estimate of drug-likeness (QED) is 0.664.